The molecule has 2 aromatic heterocycles. The topological polar surface area (TPSA) is 62.7 Å². The van der Waals surface area contributed by atoms with Gasteiger partial charge >= 0.3 is 0 Å². The van der Waals surface area contributed by atoms with Crippen molar-refractivity contribution in [3.05, 3.63) is 63.7 Å². The monoisotopic (exact) mass is 466 g/mol. The number of hydrogen-bond acceptors (Lipinski definition) is 4. The predicted octanol–water partition coefficient (Wildman–Crippen LogP) is 4.53. The van der Waals surface area contributed by atoms with Gasteiger partial charge in [0.2, 0.25) is 0 Å². The number of aromatic nitrogens is 2. The van der Waals surface area contributed by atoms with Crippen LogP contribution in [0.2, 0.25) is 0 Å². The summed E-state index contributed by atoms with van der Waals surface area (Å²) >= 11 is 3.50. The molecule has 4 rings (SSSR count). The third-order valence-corrected chi connectivity index (χ3v) is 6.29. The molecule has 0 radical (unpaired) electrons. The lowest BCUT2D eigenvalue weighted by Gasteiger charge is -2.30. The molecule has 0 atom stereocenters. The Morgan fingerprint density at radius 3 is 2.63 bits per heavy atom. The maximum atomic E-state index is 13.3. The van der Waals surface area contributed by atoms with Crippen molar-refractivity contribution in [2.24, 2.45) is 5.92 Å². The summed E-state index contributed by atoms with van der Waals surface area (Å²) in [5.41, 5.74) is 4.53. The number of Topliss-reactive ketones (excluding diaryl/α,β-unsaturated/α-hetero) is 1. The molecular formula is C23H23BrN4O2. The van der Waals surface area contributed by atoms with E-state index in [1.165, 1.54) is 0 Å². The van der Waals surface area contributed by atoms with E-state index in [9.17, 15) is 9.90 Å². The third-order valence-electron chi connectivity index (χ3n) is 5.86. The molecule has 3 aromatic rings. The molecule has 30 heavy (non-hydrogen) atoms. The van der Waals surface area contributed by atoms with Crippen LogP contribution in [0.3, 0.4) is 0 Å². The summed E-state index contributed by atoms with van der Waals surface area (Å²) in [6.07, 6.45) is 3.56. The van der Waals surface area contributed by atoms with Crippen molar-refractivity contribution in [2.75, 3.05) is 26.2 Å². The second kappa shape index (κ2) is 8.68. The van der Waals surface area contributed by atoms with E-state index in [0.29, 0.717) is 29.2 Å². The Morgan fingerprint density at radius 2 is 2.00 bits per heavy atom. The Balaban J connectivity index is 1.72. The van der Waals surface area contributed by atoms with Crippen LogP contribution in [0.5, 0.6) is 0 Å². The smallest absolute Gasteiger partial charge is 0.187 e. The van der Waals surface area contributed by atoms with Crippen LogP contribution in [0.4, 0.5) is 5.69 Å². The molecule has 1 aliphatic rings. The van der Waals surface area contributed by atoms with Gasteiger partial charge in [0.05, 0.1) is 29.7 Å². The molecule has 0 bridgehead atoms. The van der Waals surface area contributed by atoms with Gasteiger partial charge in [0, 0.05) is 28.7 Å². The molecule has 1 aliphatic heterocycles. The van der Waals surface area contributed by atoms with Crippen LogP contribution in [-0.2, 0) is 0 Å². The Hall–Kier alpha value is -2.53. The van der Waals surface area contributed by atoms with Gasteiger partial charge in [-0.15, -0.1) is 0 Å². The quantitative estimate of drug-likeness (QED) is 0.442. The number of aliphatic hydroxyl groups excluding tert-OH is 1. The normalized spacial score (nSPS) is 15.4. The van der Waals surface area contributed by atoms with Crippen molar-refractivity contribution in [2.45, 2.75) is 19.8 Å². The summed E-state index contributed by atoms with van der Waals surface area (Å²) < 4.78 is 2.88. The van der Waals surface area contributed by atoms with Gasteiger partial charge in [0.25, 0.3) is 0 Å². The van der Waals surface area contributed by atoms with Crippen LogP contribution in [0.1, 0.15) is 28.9 Å². The van der Waals surface area contributed by atoms with Gasteiger partial charge in [0.15, 0.2) is 11.5 Å². The van der Waals surface area contributed by atoms with Crippen LogP contribution >= 0.6 is 15.9 Å². The first-order chi connectivity index (χ1) is 14.5. The van der Waals surface area contributed by atoms with Gasteiger partial charge < -0.3 is 9.67 Å². The highest BCUT2D eigenvalue weighted by Gasteiger charge is 2.26. The largest absolute Gasteiger partial charge is 0.396 e. The van der Waals surface area contributed by atoms with E-state index >= 15 is 0 Å². The molecule has 3 heterocycles. The molecule has 0 unspecified atom stereocenters. The lowest BCUT2D eigenvalue weighted by molar-refractivity contribution is 0.0865. The van der Waals surface area contributed by atoms with Crippen LogP contribution < -0.4 is 0 Å². The number of benzene rings is 1. The molecule has 154 valence electrons. The Kier molecular flexibility index (Phi) is 6.00. The first kappa shape index (κ1) is 20.7. The van der Waals surface area contributed by atoms with Crippen LogP contribution in [0, 0.1) is 19.4 Å². The number of halogens is 1. The van der Waals surface area contributed by atoms with Crippen molar-refractivity contribution in [3.8, 4) is 5.69 Å². The lowest BCUT2D eigenvalue weighted by Crippen LogP contribution is -2.38. The highest BCUT2D eigenvalue weighted by molar-refractivity contribution is 9.10. The number of carbonyl (C=O) groups is 1. The highest BCUT2D eigenvalue weighted by Crippen LogP contribution is 2.31. The molecule has 0 aliphatic carbocycles. The highest BCUT2D eigenvalue weighted by atomic mass is 79.9. The van der Waals surface area contributed by atoms with E-state index in [1.54, 1.807) is 18.3 Å². The number of aliphatic hydroxyl groups is 1. The number of pyridine rings is 1. The molecule has 1 fully saturated rings. The average molecular weight is 467 g/mol. The van der Waals surface area contributed by atoms with Gasteiger partial charge in [0.1, 0.15) is 0 Å². The zero-order chi connectivity index (χ0) is 21.3. The SMILES string of the molecule is [C-]#[N+]c1ccc(-n2c(C)c(C(=O)CN3CCC(CO)CC3)c3ncc(Br)cc32)cc1. The molecule has 1 aromatic carbocycles. The van der Waals surface area contributed by atoms with E-state index in [-0.39, 0.29) is 12.4 Å². The lowest BCUT2D eigenvalue weighted by atomic mass is 9.97. The fourth-order valence-electron chi connectivity index (χ4n) is 4.21. The number of rotatable bonds is 5. The molecular weight excluding hydrogens is 444 g/mol. The van der Waals surface area contributed by atoms with Gasteiger partial charge in [-0.2, -0.15) is 0 Å². The van der Waals surface area contributed by atoms with Gasteiger partial charge in [-0.3, -0.25) is 14.7 Å². The van der Waals surface area contributed by atoms with Crippen molar-refractivity contribution in [1.29, 1.82) is 0 Å². The van der Waals surface area contributed by atoms with E-state index in [0.717, 1.165) is 47.3 Å². The van der Waals surface area contributed by atoms with Crippen LogP contribution in [-0.4, -0.2) is 51.6 Å². The maximum Gasteiger partial charge on any atom is 0.187 e. The van der Waals surface area contributed by atoms with E-state index in [2.05, 4.69) is 30.7 Å². The Bertz CT molecular complexity index is 1120. The molecule has 7 heteroatoms. The van der Waals surface area contributed by atoms with Crippen LogP contribution in [0.25, 0.3) is 21.6 Å². The zero-order valence-electron chi connectivity index (χ0n) is 16.8. The van der Waals surface area contributed by atoms with Crippen molar-refractivity contribution >= 4 is 38.4 Å². The third kappa shape index (κ3) is 3.91. The molecule has 0 amide bonds. The minimum absolute atomic E-state index is 0.0614. The number of ketones is 1. The molecule has 0 spiro atoms. The van der Waals surface area contributed by atoms with E-state index in [1.807, 2.05) is 29.7 Å². The summed E-state index contributed by atoms with van der Waals surface area (Å²) in [7, 11) is 0. The number of likely N-dealkylation sites (tertiary alicyclic amines) is 1. The van der Waals surface area contributed by atoms with Crippen molar-refractivity contribution in [1.82, 2.24) is 14.5 Å². The second-order valence-electron chi connectivity index (χ2n) is 7.77. The minimum atomic E-state index is 0.0614. The summed E-state index contributed by atoms with van der Waals surface area (Å²) in [5.74, 6) is 0.406. The Morgan fingerprint density at radius 1 is 1.30 bits per heavy atom. The number of fused-ring (bicyclic) bond motifs is 1. The average Bonchev–Trinajstić information content (AvgIpc) is 3.05. The first-order valence-corrected chi connectivity index (χ1v) is 10.8. The van der Waals surface area contributed by atoms with Crippen molar-refractivity contribution < 1.29 is 9.90 Å². The van der Waals surface area contributed by atoms with E-state index < -0.39 is 0 Å². The first-order valence-electron chi connectivity index (χ1n) is 10.0. The van der Waals surface area contributed by atoms with Gasteiger partial charge in [-0.1, -0.05) is 12.1 Å². The fourth-order valence-corrected chi connectivity index (χ4v) is 4.53. The molecule has 0 saturated carbocycles. The number of piperidine rings is 1. The molecule has 1 saturated heterocycles. The zero-order valence-corrected chi connectivity index (χ0v) is 18.4. The van der Waals surface area contributed by atoms with Crippen molar-refractivity contribution in [3.63, 3.8) is 0 Å². The number of nitrogens with zero attached hydrogens (tertiary/aromatic N) is 4. The predicted molar refractivity (Wildman–Crippen MR) is 120 cm³/mol. The summed E-state index contributed by atoms with van der Waals surface area (Å²) in [4.78, 5) is 23.5. The second-order valence-corrected chi connectivity index (χ2v) is 8.69. The molecule has 6 nitrogen and oxygen atoms in total. The number of carbonyl (C=O) groups excluding carboxylic acids is 1. The molecule has 1 N–H and O–H groups in total. The van der Waals surface area contributed by atoms with Gasteiger partial charge in [-0.25, -0.2) is 4.85 Å². The summed E-state index contributed by atoms with van der Waals surface area (Å²) in [6.45, 7) is 11.3. The summed E-state index contributed by atoms with van der Waals surface area (Å²) in [6, 6.07) is 9.34. The van der Waals surface area contributed by atoms with Gasteiger partial charge in [-0.05, 0) is 72.9 Å². The number of hydrogen-bond donors (Lipinski definition) is 1. The minimum Gasteiger partial charge on any atom is -0.396 e. The Labute approximate surface area is 184 Å². The fraction of sp³-hybridized carbons (Fsp3) is 0.348. The standard InChI is InChI=1S/C23H23BrN4O2/c1-15-22(21(30)13-27-9-7-16(14-29)8-10-27)23-20(11-17(24)12-26-23)28(15)19-5-3-18(25-2)4-6-19/h3-6,11-12,16,29H,7-10,13-14H2,1H3. The maximum absolute atomic E-state index is 13.3. The van der Waals surface area contributed by atoms with Crippen LogP contribution in [0.15, 0.2) is 41.0 Å². The summed E-state index contributed by atoms with van der Waals surface area (Å²) in [5, 5.41) is 9.34. The van der Waals surface area contributed by atoms with E-state index in [4.69, 9.17) is 6.57 Å².